The topological polar surface area (TPSA) is 50.2 Å². The van der Waals surface area contributed by atoms with Gasteiger partial charge in [-0.1, -0.05) is 12.1 Å². The normalized spacial score (nSPS) is 10.7. The second kappa shape index (κ2) is 7.04. The molecule has 3 rings (SSSR count). The summed E-state index contributed by atoms with van der Waals surface area (Å²) in [5.41, 5.74) is 5.70. The van der Waals surface area contributed by atoms with Crippen molar-refractivity contribution in [2.24, 2.45) is 0 Å². The van der Waals surface area contributed by atoms with Gasteiger partial charge in [0.2, 0.25) is 0 Å². The minimum Gasteiger partial charge on any atom is -0.378 e. The van der Waals surface area contributed by atoms with E-state index in [4.69, 9.17) is 0 Å². The molecule has 0 aliphatic heterocycles. The number of carbonyl (C=O) groups excluding carboxylic acids is 1. The third-order valence-electron chi connectivity index (χ3n) is 4.15. The molecule has 1 amide bonds. The Hall–Kier alpha value is -3.08. The molecule has 2 aromatic carbocycles. The van der Waals surface area contributed by atoms with Crippen molar-refractivity contribution in [3.8, 4) is 5.69 Å². The Labute approximate surface area is 154 Å². The molecule has 0 saturated heterocycles. The van der Waals surface area contributed by atoms with Crippen LogP contribution in [-0.2, 0) is 0 Å². The first-order valence-corrected chi connectivity index (χ1v) is 8.57. The highest BCUT2D eigenvalue weighted by molar-refractivity contribution is 6.04. The lowest BCUT2D eigenvalue weighted by atomic mass is 10.1. The fraction of sp³-hybridized carbons (Fsp3) is 0.238. The third kappa shape index (κ3) is 3.77. The first-order chi connectivity index (χ1) is 12.3. The van der Waals surface area contributed by atoms with Gasteiger partial charge < -0.3 is 10.2 Å². The predicted molar refractivity (Wildman–Crippen MR) is 106 cm³/mol. The fourth-order valence-electron chi connectivity index (χ4n) is 2.97. The molecule has 0 spiro atoms. The molecule has 5 nitrogen and oxygen atoms in total. The minimum absolute atomic E-state index is 0.153. The van der Waals surface area contributed by atoms with Crippen LogP contribution in [0, 0.1) is 20.8 Å². The van der Waals surface area contributed by atoms with Gasteiger partial charge in [-0.3, -0.25) is 4.79 Å². The highest BCUT2D eigenvalue weighted by Gasteiger charge is 2.13. The Kier molecular flexibility index (Phi) is 4.80. The van der Waals surface area contributed by atoms with Crippen LogP contribution in [0.5, 0.6) is 0 Å². The van der Waals surface area contributed by atoms with Gasteiger partial charge in [0, 0.05) is 31.4 Å². The lowest BCUT2D eigenvalue weighted by Gasteiger charge is -2.14. The van der Waals surface area contributed by atoms with Crippen LogP contribution in [0.4, 0.5) is 11.5 Å². The van der Waals surface area contributed by atoms with Crippen LogP contribution in [0.15, 0.2) is 48.5 Å². The monoisotopic (exact) mass is 348 g/mol. The number of anilines is 2. The zero-order valence-electron chi connectivity index (χ0n) is 15.9. The predicted octanol–water partition coefficient (Wildman–Crippen LogP) is 4.12. The first-order valence-electron chi connectivity index (χ1n) is 8.57. The van der Waals surface area contributed by atoms with Crippen molar-refractivity contribution in [2.45, 2.75) is 20.8 Å². The molecule has 0 unspecified atom stereocenters. The number of nitrogens with one attached hydrogen (secondary N) is 1. The van der Waals surface area contributed by atoms with Gasteiger partial charge in [0.25, 0.3) is 5.91 Å². The van der Waals surface area contributed by atoms with E-state index in [0.717, 1.165) is 28.2 Å². The molecule has 3 aromatic rings. The molecule has 0 aliphatic carbocycles. The van der Waals surface area contributed by atoms with Crippen molar-refractivity contribution >= 4 is 17.4 Å². The lowest BCUT2D eigenvalue weighted by Crippen LogP contribution is -2.16. The molecule has 0 atom stereocenters. The average molecular weight is 348 g/mol. The second-order valence-corrected chi connectivity index (χ2v) is 6.83. The Bertz CT molecular complexity index is 936. The van der Waals surface area contributed by atoms with Crippen LogP contribution in [0.3, 0.4) is 0 Å². The van der Waals surface area contributed by atoms with Crippen LogP contribution >= 0.6 is 0 Å². The summed E-state index contributed by atoms with van der Waals surface area (Å²) in [6.45, 7) is 6.02. The molecule has 0 saturated carbocycles. The molecule has 0 bridgehead atoms. The summed E-state index contributed by atoms with van der Waals surface area (Å²) in [6, 6.07) is 15.7. The maximum Gasteiger partial charge on any atom is 0.256 e. The number of benzene rings is 2. The van der Waals surface area contributed by atoms with E-state index < -0.39 is 0 Å². The average Bonchev–Trinajstić information content (AvgIpc) is 2.94. The Balaban J connectivity index is 1.93. The molecule has 1 N–H and O–H groups in total. The van der Waals surface area contributed by atoms with Crippen LogP contribution in [0.1, 0.15) is 27.2 Å². The summed E-state index contributed by atoms with van der Waals surface area (Å²) in [4.78, 5) is 14.7. The quantitative estimate of drug-likeness (QED) is 0.772. The van der Waals surface area contributed by atoms with E-state index in [2.05, 4.69) is 42.5 Å². The lowest BCUT2D eigenvalue weighted by molar-refractivity contribution is 0.102. The zero-order chi connectivity index (χ0) is 18.8. The van der Waals surface area contributed by atoms with Crippen LogP contribution < -0.4 is 10.2 Å². The van der Waals surface area contributed by atoms with Crippen molar-refractivity contribution < 1.29 is 4.79 Å². The number of nitrogens with zero attached hydrogens (tertiary/aromatic N) is 3. The molecule has 26 heavy (non-hydrogen) atoms. The maximum atomic E-state index is 12.7. The molecule has 134 valence electrons. The Morgan fingerprint density at radius 3 is 2.35 bits per heavy atom. The molecule has 1 aromatic heterocycles. The summed E-state index contributed by atoms with van der Waals surface area (Å²) in [7, 11) is 3.91. The minimum atomic E-state index is -0.153. The van der Waals surface area contributed by atoms with Gasteiger partial charge in [-0.25, -0.2) is 4.68 Å². The van der Waals surface area contributed by atoms with Gasteiger partial charge >= 0.3 is 0 Å². The fourth-order valence-corrected chi connectivity index (χ4v) is 2.97. The van der Waals surface area contributed by atoms with Crippen molar-refractivity contribution in [1.82, 2.24) is 9.78 Å². The zero-order valence-corrected chi connectivity index (χ0v) is 15.9. The molecule has 0 aliphatic rings. The standard InChI is InChI=1S/C21H24N4O/c1-14-9-15(2)11-19(10-14)25-20(12-16(3)23-25)22-21(26)17-7-6-8-18(13-17)24(4)5/h6-13H,1-5H3,(H,22,26). The van der Waals surface area contributed by atoms with Crippen molar-refractivity contribution in [1.29, 1.82) is 0 Å². The molecule has 0 fully saturated rings. The van der Waals surface area contributed by atoms with E-state index in [0.29, 0.717) is 11.4 Å². The van der Waals surface area contributed by atoms with Crippen LogP contribution in [0.25, 0.3) is 5.69 Å². The van der Waals surface area contributed by atoms with Crippen molar-refractivity contribution in [3.05, 3.63) is 70.9 Å². The Morgan fingerprint density at radius 2 is 1.69 bits per heavy atom. The number of aryl methyl sites for hydroxylation is 3. The van der Waals surface area contributed by atoms with Gasteiger partial charge in [0.05, 0.1) is 11.4 Å². The molecule has 1 heterocycles. The third-order valence-corrected chi connectivity index (χ3v) is 4.15. The van der Waals surface area contributed by atoms with Gasteiger partial charge in [-0.05, 0) is 62.2 Å². The van der Waals surface area contributed by atoms with E-state index in [9.17, 15) is 4.79 Å². The van der Waals surface area contributed by atoms with Gasteiger partial charge in [0.1, 0.15) is 5.82 Å². The summed E-state index contributed by atoms with van der Waals surface area (Å²) >= 11 is 0. The van der Waals surface area contributed by atoms with E-state index >= 15 is 0 Å². The molecular formula is C21H24N4O. The number of hydrogen-bond acceptors (Lipinski definition) is 3. The van der Waals surface area contributed by atoms with E-state index in [1.54, 1.807) is 4.68 Å². The molecule has 5 heteroatoms. The summed E-state index contributed by atoms with van der Waals surface area (Å²) < 4.78 is 1.78. The van der Waals surface area contributed by atoms with Crippen LogP contribution in [-0.4, -0.2) is 29.8 Å². The smallest absolute Gasteiger partial charge is 0.256 e. The highest BCUT2D eigenvalue weighted by Crippen LogP contribution is 2.21. The van der Waals surface area contributed by atoms with E-state index in [-0.39, 0.29) is 5.91 Å². The largest absolute Gasteiger partial charge is 0.378 e. The SMILES string of the molecule is Cc1cc(C)cc(-n2nc(C)cc2NC(=O)c2cccc(N(C)C)c2)c1. The van der Waals surface area contributed by atoms with Crippen LogP contribution in [0.2, 0.25) is 0 Å². The van der Waals surface area contributed by atoms with Gasteiger partial charge in [-0.2, -0.15) is 5.10 Å². The number of hydrogen-bond donors (Lipinski definition) is 1. The second-order valence-electron chi connectivity index (χ2n) is 6.83. The summed E-state index contributed by atoms with van der Waals surface area (Å²) in [5.74, 6) is 0.506. The summed E-state index contributed by atoms with van der Waals surface area (Å²) in [6.07, 6.45) is 0. The number of rotatable bonds is 4. The number of carbonyl (C=O) groups is 1. The first kappa shape index (κ1) is 17.7. The van der Waals surface area contributed by atoms with Gasteiger partial charge in [0.15, 0.2) is 0 Å². The van der Waals surface area contributed by atoms with E-state index in [1.165, 1.54) is 0 Å². The van der Waals surface area contributed by atoms with E-state index in [1.807, 2.05) is 56.3 Å². The van der Waals surface area contributed by atoms with Crippen molar-refractivity contribution in [3.63, 3.8) is 0 Å². The summed E-state index contributed by atoms with van der Waals surface area (Å²) in [5, 5.41) is 7.54. The molecule has 0 radical (unpaired) electrons. The maximum absolute atomic E-state index is 12.7. The highest BCUT2D eigenvalue weighted by atomic mass is 16.1. The number of aromatic nitrogens is 2. The number of amides is 1. The van der Waals surface area contributed by atoms with Crippen molar-refractivity contribution in [2.75, 3.05) is 24.3 Å². The Morgan fingerprint density at radius 1 is 1.00 bits per heavy atom. The molecular weight excluding hydrogens is 324 g/mol. The van der Waals surface area contributed by atoms with Gasteiger partial charge in [-0.15, -0.1) is 0 Å².